The molecule has 6 nitrogen and oxygen atoms in total. The third kappa shape index (κ3) is 5.84. The van der Waals surface area contributed by atoms with Crippen LogP contribution in [0.3, 0.4) is 0 Å². The normalized spacial score (nSPS) is 25.3. The van der Waals surface area contributed by atoms with Gasteiger partial charge in [-0.2, -0.15) is 0 Å². The number of aliphatic hydroxyl groups excluding tert-OH is 1. The van der Waals surface area contributed by atoms with E-state index in [4.69, 9.17) is 9.16 Å². The minimum atomic E-state index is -2.09. The monoisotopic (exact) mass is 437 g/mol. The van der Waals surface area contributed by atoms with E-state index in [1.165, 1.54) is 0 Å². The molecule has 1 aliphatic rings. The van der Waals surface area contributed by atoms with E-state index in [1.807, 2.05) is 30.3 Å². The van der Waals surface area contributed by atoms with Crippen LogP contribution in [-0.4, -0.2) is 60.4 Å². The van der Waals surface area contributed by atoms with E-state index in [9.17, 15) is 15.0 Å². The first-order valence-electron chi connectivity index (χ1n) is 10.9. The zero-order valence-corrected chi connectivity index (χ0v) is 20.4. The second-order valence-corrected chi connectivity index (χ2v) is 14.8. The van der Waals surface area contributed by atoms with E-state index >= 15 is 0 Å². The van der Waals surface area contributed by atoms with Gasteiger partial charge in [-0.05, 0) is 49.9 Å². The molecule has 0 aromatic heterocycles. The second-order valence-electron chi connectivity index (χ2n) is 10.00. The molecule has 1 heterocycles. The lowest BCUT2D eigenvalue weighted by Gasteiger charge is -2.52. The number of piperidine rings is 1. The summed E-state index contributed by atoms with van der Waals surface area (Å²) < 4.78 is 12.1. The van der Waals surface area contributed by atoms with E-state index in [0.29, 0.717) is 25.8 Å². The summed E-state index contributed by atoms with van der Waals surface area (Å²) in [5, 5.41) is 20.9. The summed E-state index contributed by atoms with van der Waals surface area (Å²) in [4.78, 5) is 14.5. The maximum atomic E-state index is 12.9. The van der Waals surface area contributed by atoms with Crippen LogP contribution >= 0.6 is 0 Å². The first-order chi connectivity index (χ1) is 13.9. The van der Waals surface area contributed by atoms with Crippen molar-refractivity contribution in [2.24, 2.45) is 0 Å². The van der Waals surface area contributed by atoms with E-state index in [-0.39, 0.29) is 24.4 Å². The van der Waals surface area contributed by atoms with E-state index in [2.05, 4.69) is 33.9 Å². The SMILES string of the molecule is CC(C)(C)[Si](C)(C)O[C@@H]1CCN(C(=O)OCc2ccccc2)[C@@H](CCCO)[C@@]1(C)O. The summed E-state index contributed by atoms with van der Waals surface area (Å²) in [6.07, 6.45) is 0.737. The largest absolute Gasteiger partial charge is 0.445 e. The Labute approximate surface area is 182 Å². The van der Waals surface area contributed by atoms with E-state index in [1.54, 1.807) is 11.8 Å². The lowest BCUT2D eigenvalue weighted by atomic mass is 9.81. The topological polar surface area (TPSA) is 79.2 Å². The van der Waals surface area contributed by atoms with Crippen molar-refractivity contribution in [2.45, 2.75) is 89.4 Å². The van der Waals surface area contributed by atoms with Gasteiger partial charge in [-0.25, -0.2) is 4.79 Å². The summed E-state index contributed by atoms with van der Waals surface area (Å²) in [5.74, 6) is 0. The molecule has 2 rings (SSSR count). The maximum absolute atomic E-state index is 12.9. The lowest BCUT2D eigenvalue weighted by Crippen LogP contribution is -2.66. The lowest BCUT2D eigenvalue weighted by molar-refractivity contribution is -0.136. The van der Waals surface area contributed by atoms with Crippen LogP contribution in [0.2, 0.25) is 18.1 Å². The average Bonchev–Trinajstić information content (AvgIpc) is 2.66. The zero-order valence-electron chi connectivity index (χ0n) is 19.4. The first kappa shape index (κ1) is 24.9. The Morgan fingerprint density at radius 2 is 1.90 bits per heavy atom. The number of hydrogen-bond acceptors (Lipinski definition) is 5. The molecule has 1 aliphatic heterocycles. The van der Waals surface area contributed by atoms with Crippen molar-refractivity contribution in [2.75, 3.05) is 13.2 Å². The molecule has 1 aromatic rings. The molecule has 1 fully saturated rings. The van der Waals surface area contributed by atoms with E-state index in [0.717, 1.165) is 5.56 Å². The standard InChI is InChI=1S/C23H39NO5Si/c1-22(2,3)30(5,6)29-20-14-15-24(19(13-10-16-25)23(20,4)27)21(26)28-17-18-11-8-7-9-12-18/h7-9,11-12,19-20,25,27H,10,13-17H2,1-6H3/t19-,20+,23+/m0/s1. The summed E-state index contributed by atoms with van der Waals surface area (Å²) in [7, 11) is -2.09. The molecule has 0 saturated carbocycles. The van der Waals surface area contributed by atoms with Gasteiger partial charge in [-0.3, -0.25) is 0 Å². The number of likely N-dealkylation sites (tertiary alicyclic amines) is 1. The number of benzene rings is 1. The Bertz CT molecular complexity index is 687. The Morgan fingerprint density at radius 1 is 1.27 bits per heavy atom. The molecule has 7 heteroatoms. The summed E-state index contributed by atoms with van der Waals surface area (Å²) in [5.41, 5.74) is -0.310. The number of rotatable bonds is 7. The van der Waals surface area contributed by atoms with Crippen LogP contribution in [0.1, 0.15) is 52.5 Å². The van der Waals surface area contributed by atoms with Crippen LogP contribution in [-0.2, 0) is 15.8 Å². The van der Waals surface area contributed by atoms with Gasteiger partial charge in [0.05, 0.1) is 12.1 Å². The zero-order chi connectivity index (χ0) is 22.6. The minimum Gasteiger partial charge on any atom is -0.445 e. The van der Waals surface area contributed by atoms with Crippen LogP contribution in [0, 0.1) is 0 Å². The number of carbonyl (C=O) groups is 1. The molecule has 1 aromatic carbocycles. The first-order valence-corrected chi connectivity index (χ1v) is 13.8. The van der Waals surface area contributed by atoms with Gasteiger partial charge >= 0.3 is 6.09 Å². The second kappa shape index (κ2) is 9.81. The molecule has 170 valence electrons. The predicted octanol–water partition coefficient (Wildman–Crippen LogP) is 4.31. The predicted molar refractivity (Wildman–Crippen MR) is 121 cm³/mol. The van der Waals surface area contributed by atoms with Crippen molar-refractivity contribution in [3.8, 4) is 0 Å². The molecule has 0 unspecified atom stereocenters. The fraction of sp³-hybridized carbons (Fsp3) is 0.696. The van der Waals surface area contributed by atoms with Gasteiger partial charge in [0.1, 0.15) is 12.2 Å². The van der Waals surface area contributed by atoms with Crippen molar-refractivity contribution in [1.82, 2.24) is 4.90 Å². The molecule has 0 radical (unpaired) electrons. The summed E-state index contributed by atoms with van der Waals surface area (Å²) >= 11 is 0. The van der Waals surface area contributed by atoms with Crippen molar-refractivity contribution in [1.29, 1.82) is 0 Å². The number of aliphatic hydroxyl groups is 2. The quantitative estimate of drug-likeness (QED) is 0.621. The molecule has 30 heavy (non-hydrogen) atoms. The molecular weight excluding hydrogens is 398 g/mol. The smallest absolute Gasteiger partial charge is 0.410 e. The Hall–Kier alpha value is -1.41. The van der Waals surface area contributed by atoms with Crippen molar-refractivity contribution < 1.29 is 24.2 Å². The number of amides is 1. The van der Waals surface area contributed by atoms with Gasteiger partial charge in [-0.1, -0.05) is 51.1 Å². The highest BCUT2D eigenvalue weighted by Crippen LogP contribution is 2.41. The fourth-order valence-corrected chi connectivity index (χ4v) is 5.12. The third-order valence-electron chi connectivity index (χ3n) is 6.65. The third-order valence-corrected chi connectivity index (χ3v) is 11.1. The number of carbonyl (C=O) groups excluding carboxylic acids is 1. The van der Waals surface area contributed by atoms with Gasteiger partial charge in [0.25, 0.3) is 0 Å². The highest BCUT2D eigenvalue weighted by atomic mass is 28.4. The molecule has 3 atom stereocenters. The Morgan fingerprint density at radius 3 is 2.47 bits per heavy atom. The molecule has 1 saturated heterocycles. The van der Waals surface area contributed by atoms with Gasteiger partial charge in [0, 0.05) is 13.2 Å². The van der Waals surface area contributed by atoms with Crippen LogP contribution in [0.25, 0.3) is 0 Å². The Balaban J connectivity index is 2.16. The van der Waals surface area contributed by atoms with Gasteiger partial charge < -0.3 is 24.3 Å². The molecule has 0 spiro atoms. The highest BCUT2D eigenvalue weighted by Gasteiger charge is 2.51. The van der Waals surface area contributed by atoms with Crippen LogP contribution < -0.4 is 0 Å². The van der Waals surface area contributed by atoms with Gasteiger partial charge in [-0.15, -0.1) is 0 Å². The Kier molecular flexibility index (Phi) is 8.13. The average molecular weight is 438 g/mol. The highest BCUT2D eigenvalue weighted by molar-refractivity contribution is 6.74. The van der Waals surface area contributed by atoms with E-state index < -0.39 is 26.1 Å². The van der Waals surface area contributed by atoms with Crippen molar-refractivity contribution >= 4 is 14.4 Å². The fourth-order valence-electron chi connectivity index (χ4n) is 3.70. The molecule has 0 bridgehead atoms. The number of ether oxygens (including phenoxy) is 1. The van der Waals surface area contributed by atoms with Gasteiger partial charge in [0.15, 0.2) is 8.32 Å². The maximum Gasteiger partial charge on any atom is 0.410 e. The summed E-state index contributed by atoms with van der Waals surface area (Å²) in [6, 6.07) is 9.07. The van der Waals surface area contributed by atoms with Crippen LogP contribution in [0.5, 0.6) is 0 Å². The molecular formula is C23H39NO5Si. The van der Waals surface area contributed by atoms with Crippen molar-refractivity contribution in [3.63, 3.8) is 0 Å². The van der Waals surface area contributed by atoms with Crippen LogP contribution in [0.15, 0.2) is 30.3 Å². The number of hydrogen-bond donors (Lipinski definition) is 2. The molecule has 0 aliphatic carbocycles. The van der Waals surface area contributed by atoms with Crippen molar-refractivity contribution in [3.05, 3.63) is 35.9 Å². The van der Waals surface area contributed by atoms with Crippen LogP contribution in [0.4, 0.5) is 4.79 Å². The summed E-state index contributed by atoms with van der Waals surface area (Å²) in [6.45, 7) is 13.3. The molecule has 1 amide bonds. The number of nitrogens with zero attached hydrogens (tertiary/aromatic N) is 1. The minimum absolute atomic E-state index is 0.00718. The molecule has 2 N–H and O–H groups in total. The van der Waals surface area contributed by atoms with Gasteiger partial charge in [0.2, 0.25) is 0 Å².